The van der Waals surface area contributed by atoms with Gasteiger partial charge < -0.3 is 10.2 Å². The molecule has 1 aliphatic heterocycles. The number of carbonyl (C=O) groups excluding carboxylic acids is 1. The molecule has 1 unspecified atom stereocenters. The fourth-order valence-corrected chi connectivity index (χ4v) is 2.40. The third-order valence-corrected chi connectivity index (χ3v) is 3.43. The van der Waals surface area contributed by atoms with E-state index in [9.17, 15) is 4.79 Å². The summed E-state index contributed by atoms with van der Waals surface area (Å²) in [7, 11) is 1.88. The summed E-state index contributed by atoms with van der Waals surface area (Å²) in [5.74, 6) is 0.295. The van der Waals surface area contributed by atoms with Crippen molar-refractivity contribution in [3.8, 4) is 0 Å². The largest absolute Gasteiger partial charge is 0.341 e. The molecule has 4 heteroatoms. The third-order valence-electron chi connectivity index (χ3n) is 3.43. The number of likely N-dealkylation sites (tertiary alicyclic amines) is 1. The molecule has 0 aliphatic carbocycles. The van der Waals surface area contributed by atoms with E-state index in [0.29, 0.717) is 18.4 Å². The number of likely N-dealkylation sites (N-methyl/N-ethyl adjacent to an activating group) is 1. The molecule has 0 bridgehead atoms. The van der Waals surface area contributed by atoms with Gasteiger partial charge in [0.05, 0.1) is 0 Å². The summed E-state index contributed by atoms with van der Waals surface area (Å²) in [5, 5.41) is 3.02. The van der Waals surface area contributed by atoms with Gasteiger partial charge in [0.2, 0.25) is 5.91 Å². The molecule has 1 fully saturated rings. The van der Waals surface area contributed by atoms with Crippen LogP contribution in [0.2, 0.25) is 0 Å². The van der Waals surface area contributed by atoms with E-state index < -0.39 is 0 Å². The first-order valence-corrected chi connectivity index (χ1v) is 6.39. The summed E-state index contributed by atoms with van der Waals surface area (Å²) in [4.78, 5) is 16.3. The lowest BCUT2D eigenvalue weighted by atomic mass is 10.2. The van der Waals surface area contributed by atoms with E-state index in [1.165, 1.54) is 0 Å². The second-order valence-corrected chi connectivity index (χ2v) is 4.36. The van der Waals surface area contributed by atoms with Gasteiger partial charge in [0.25, 0.3) is 0 Å². The minimum atomic E-state index is 0.295. The zero-order chi connectivity index (χ0) is 12.0. The Labute approximate surface area is 99.0 Å². The molecule has 1 N–H and O–H groups in total. The molecule has 0 aromatic carbocycles. The number of nitrogens with zero attached hydrogens (tertiary/aromatic N) is 2. The lowest BCUT2D eigenvalue weighted by Crippen LogP contribution is -2.39. The maximum absolute atomic E-state index is 11.8. The van der Waals surface area contributed by atoms with Crippen molar-refractivity contribution in [3.63, 3.8) is 0 Å². The van der Waals surface area contributed by atoms with Crippen LogP contribution in [0.4, 0.5) is 0 Å². The highest BCUT2D eigenvalue weighted by molar-refractivity contribution is 5.76. The van der Waals surface area contributed by atoms with Crippen molar-refractivity contribution < 1.29 is 4.79 Å². The number of amides is 1. The number of carbonyl (C=O) groups is 1. The monoisotopic (exact) mass is 227 g/mol. The zero-order valence-corrected chi connectivity index (χ0v) is 10.8. The van der Waals surface area contributed by atoms with Gasteiger partial charge in [0, 0.05) is 32.1 Å². The minimum absolute atomic E-state index is 0.295. The molecule has 1 atom stereocenters. The highest BCUT2D eigenvalue weighted by Gasteiger charge is 2.28. The molecule has 0 aromatic heterocycles. The predicted molar refractivity (Wildman–Crippen MR) is 66.4 cm³/mol. The molecule has 4 nitrogen and oxygen atoms in total. The van der Waals surface area contributed by atoms with Crippen molar-refractivity contribution in [2.24, 2.45) is 0 Å². The van der Waals surface area contributed by atoms with Gasteiger partial charge in [-0.05, 0) is 26.6 Å². The molecular formula is C12H25N3O. The maximum atomic E-state index is 11.8. The van der Waals surface area contributed by atoms with E-state index in [4.69, 9.17) is 0 Å². The van der Waals surface area contributed by atoms with Gasteiger partial charge >= 0.3 is 0 Å². The maximum Gasteiger partial charge on any atom is 0.223 e. The topological polar surface area (TPSA) is 35.6 Å². The Kier molecular flexibility index (Phi) is 5.77. The molecule has 1 heterocycles. The van der Waals surface area contributed by atoms with Crippen LogP contribution in [0, 0.1) is 0 Å². The van der Waals surface area contributed by atoms with Gasteiger partial charge in [-0.2, -0.15) is 0 Å². The van der Waals surface area contributed by atoms with E-state index in [-0.39, 0.29) is 0 Å². The van der Waals surface area contributed by atoms with Crippen molar-refractivity contribution in [2.45, 2.75) is 32.7 Å². The van der Waals surface area contributed by atoms with Crippen LogP contribution in [0.1, 0.15) is 26.7 Å². The van der Waals surface area contributed by atoms with Gasteiger partial charge in [-0.15, -0.1) is 0 Å². The van der Waals surface area contributed by atoms with Gasteiger partial charge in [0.1, 0.15) is 0 Å². The molecule has 1 saturated heterocycles. The van der Waals surface area contributed by atoms with Gasteiger partial charge in [-0.1, -0.05) is 13.8 Å². The van der Waals surface area contributed by atoms with E-state index in [1.54, 1.807) is 0 Å². The Balaban J connectivity index is 2.36. The number of nitrogens with one attached hydrogen (secondary N) is 1. The van der Waals surface area contributed by atoms with Crippen molar-refractivity contribution in [1.29, 1.82) is 0 Å². The highest BCUT2D eigenvalue weighted by atomic mass is 16.2. The molecule has 0 radical (unpaired) electrons. The second kappa shape index (κ2) is 6.86. The first-order valence-electron chi connectivity index (χ1n) is 6.39. The molecule has 1 rings (SSSR count). The van der Waals surface area contributed by atoms with Gasteiger partial charge in [-0.3, -0.25) is 9.69 Å². The third kappa shape index (κ3) is 3.46. The second-order valence-electron chi connectivity index (χ2n) is 4.36. The van der Waals surface area contributed by atoms with Crippen LogP contribution < -0.4 is 5.32 Å². The normalized spacial score (nSPS) is 20.8. The fraction of sp³-hybridized carbons (Fsp3) is 0.917. The van der Waals surface area contributed by atoms with Crippen molar-refractivity contribution in [2.75, 3.05) is 39.8 Å². The zero-order valence-electron chi connectivity index (χ0n) is 10.8. The summed E-state index contributed by atoms with van der Waals surface area (Å²) < 4.78 is 0. The Morgan fingerprint density at radius 3 is 2.69 bits per heavy atom. The van der Waals surface area contributed by atoms with Crippen molar-refractivity contribution >= 4 is 5.91 Å². The first kappa shape index (κ1) is 13.5. The summed E-state index contributed by atoms with van der Waals surface area (Å²) in [5.41, 5.74) is 0. The Morgan fingerprint density at radius 1 is 1.44 bits per heavy atom. The average Bonchev–Trinajstić information content (AvgIpc) is 2.77. The van der Waals surface area contributed by atoms with E-state index in [1.807, 2.05) is 11.9 Å². The predicted octanol–water partition coefficient (Wildman–Crippen LogP) is 0.539. The smallest absolute Gasteiger partial charge is 0.223 e. The van der Waals surface area contributed by atoms with Crippen LogP contribution in [0.5, 0.6) is 0 Å². The van der Waals surface area contributed by atoms with Crippen LogP contribution in [0.25, 0.3) is 0 Å². The minimum Gasteiger partial charge on any atom is -0.341 e. The molecule has 0 saturated carbocycles. The lowest BCUT2D eigenvalue weighted by Gasteiger charge is -2.26. The fourth-order valence-electron chi connectivity index (χ4n) is 2.40. The SMILES string of the molecule is CCN(CC)C1CCN(C(=O)CCNC)C1. The summed E-state index contributed by atoms with van der Waals surface area (Å²) in [6.45, 7) is 9.18. The number of hydrogen-bond donors (Lipinski definition) is 1. The molecular weight excluding hydrogens is 202 g/mol. The molecule has 0 aromatic rings. The summed E-state index contributed by atoms with van der Waals surface area (Å²) in [6.07, 6.45) is 1.76. The highest BCUT2D eigenvalue weighted by Crippen LogP contribution is 2.15. The molecule has 1 aliphatic rings. The Hall–Kier alpha value is -0.610. The molecule has 1 amide bonds. The van der Waals surface area contributed by atoms with Gasteiger partial charge in [-0.25, -0.2) is 0 Å². The Morgan fingerprint density at radius 2 is 2.12 bits per heavy atom. The van der Waals surface area contributed by atoms with Crippen molar-refractivity contribution in [3.05, 3.63) is 0 Å². The van der Waals surface area contributed by atoms with E-state index >= 15 is 0 Å². The van der Waals surface area contributed by atoms with E-state index in [0.717, 1.165) is 39.1 Å². The van der Waals surface area contributed by atoms with Crippen LogP contribution in [0.3, 0.4) is 0 Å². The average molecular weight is 227 g/mol. The summed E-state index contributed by atoms with van der Waals surface area (Å²) >= 11 is 0. The van der Waals surface area contributed by atoms with Crippen LogP contribution in [0.15, 0.2) is 0 Å². The first-order chi connectivity index (χ1) is 7.72. The number of hydrogen-bond acceptors (Lipinski definition) is 3. The van der Waals surface area contributed by atoms with E-state index in [2.05, 4.69) is 24.1 Å². The standard InChI is InChI=1S/C12H25N3O/c1-4-14(5-2)11-7-9-15(10-11)12(16)6-8-13-3/h11,13H,4-10H2,1-3H3. The molecule has 16 heavy (non-hydrogen) atoms. The number of rotatable bonds is 6. The summed E-state index contributed by atoms with van der Waals surface area (Å²) in [6, 6.07) is 0.577. The molecule has 0 spiro atoms. The Bertz CT molecular complexity index is 216. The quantitative estimate of drug-likeness (QED) is 0.719. The van der Waals surface area contributed by atoms with Crippen molar-refractivity contribution in [1.82, 2.24) is 15.1 Å². The lowest BCUT2D eigenvalue weighted by molar-refractivity contribution is -0.130. The van der Waals surface area contributed by atoms with Crippen LogP contribution >= 0.6 is 0 Å². The van der Waals surface area contributed by atoms with Crippen LogP contribution in [-0.2, 0) is 4.79 Å². The van der Waals surface area contributed by atoms with Crippen LogP contribution in [-0.4, -0.2) is 61.5 Å². The molecule has 94 valence electrons. The van der Waals surface area contributed by atoms with Gasteiger partial charge in [0.15, 0.2) is 0 Å².